The monoisotopic (exact) mass is 362 g/mol. The first-order valence-corrected chi connectivity index (χ1v) is 7.57. The molecule has 0 bridgehead atoms. The molecule has 0 aliphatic heterocycles. The van der Waals surface area contributed by atoms with E-state index in [-0.39, 0.29) is 23.1 Å². The number of halogens is 2. The molecule has 9 heteroatoms. The van der Waals surface area contributed by atoms with E-state index in [0.29, 0.717) is 11.5 Å². The first kappa shape index (κ1) is 16.8. The Labute approximate surface area is 146 Å². The van der Waals surface area contributed by atoms with Crippen LogP contribution in [0, 0.1) is 12.7 Å². The van der Waals surface area contributed by atoms with E-state index < -0.39 is 17.3 Å². The van der Waals surface area contributed by atoms with Gasteiger partial charge in [-0.1, -0.05) is 22.8 Å². The lowest BCUT2D eigenvalue weighted by Crippen LogP contribution is -2.28. The molecule has 0 unspecified atom stereocenters. The molecule has 25 heavy (non-hydrogen) atoms. The fourth-order valence-electron chi connectivity index (χ4n) is 2.20. The van der Waals surface area contributed by atoms with Crippen LogP contribution in [0.1, 0.15) is 5.82 Å². The van der Waals surface area contributed by atoms with Crippen LogP contribution in [-0.4, -0.2) is 20.6 Å². The van der Waals surface area contributed by atoms with Crippen molar-refractivity contribution in [3.05, 3.63) is 63.4 Å². The van der Waals surface area contributed by atoms with Crippen LogP contribution < -0.4 is 10.9 Å². The third-order valence-electron chi connectivity index (χ3n) is 3.30. The lowest BCUT2D eigenvalue weighted by atomic mass is 10.3. The molecular formula is C16H12ClFN4O3. The third-order valence-corrected chi connectivity index (χ3v) is 3.54. The molecule has 0 saturated carbocycles. The highest BCUT2D eigenvalue weighted by atomic mass is 35.5. The number of nitrogens with zero attached hydrogens (tertiary/aromatic N) is 3. The number of rotatable bonds is 4. The fraction of sp³-hybridized carbons (Fsp3) is 0.125. The molecule has 0 atom stereocenters. The molecule has 0 spiro atoms. The number of nitrogens with one attached hydrogen (secondary N) is 1. The van der Waals surface area contributed by atoms with Crippen molar-refractivity contribution in [1.29, 1.82) is 0 Å². The number of hydrogen-bond acceptors (Lipinski definition) is 5. The summed E-state index contributed by atoms with van der Waals surface area (Å²) in [6.07, 6.45) is 0. The van der Waals surface area contributed by atoms with E-state index in [2.05, 4.69) is 15.5 Å². The van der Waals surface area contributed by atoms with Gasteiger partial charge in [0.2, 0.25) is 5.91 Å². The summed E-state index contributed by atoms with van der Waals surface area (Å²) in [6.45, 7) is 1.28. The Balaban J connectivity index is 1.87. The first-order valence-electron chi connectivity index (χ1n) is 7.19. The number of pyridine rings is 1. The van der Waals surface area contributed by atoms with E-state index in [0.717, 1.165) is 10.6 Å². The number of hydrogen-bond donors (Lipinski definition) is 1. The largest absolute Gasteiger partial charge is 0.332 e. The van der Waals surface area contributed by atoms with Gasteiger partial charge < -0.3 is 9.84 Å². The Morgan fingerprint density at radius 1 is 1.36 bits per heavy atom. The highest BCUT2D eigenvalue weighted by molar-refractivity contribution is 6.30. The number of aromatic nitrogens is 3. The Hall–Kier alpha value is -3.00. The SMILES string of the molecule is Cc1noc(-c2cccc(=O)n2CC(=O)Nc2ccc(Cl)cc2F)n1. The molecule has 1 amide bonds. The van der Waals surface area contributed by atoms with Gasteiger partial charge >= 0.3 is 0 Å². The Morgan fingerprint density at radius 3 is 2.84 bits per heavy atom. The first-order chi connectivity index (χ1) is 11.9. The second-order valence-electron chi connectivity index (χ2n) is 5.15. The van der Waals surface area contributed by atoms with Crippen LogP contribution in [0.4, 0.5) is 10.1 Å². The lowest BCUT2D eigenvalue weighted by molar-refractivity contribution is -0.116. The average Bonchev–Trinajstić information content (AvgIpc) is 2.98. The zero-order valence-electron chi connectivity index (χ0n) is 13.0. The minimum Gasteiger partial charge on any atom is -0.332 e. The highest BCUT2D eigenvalue weighted by Crippen LogP contribution is 2.19. The summed E-state index contributed by atoms with van der Waals surface area (Å²) in [4.78, 5) is 28.4. The van der Waals surface area contributed by atoms with Gasteiger partial charge in [-0.05, 0) is 31.2 Å². The van der Waals surface area contributed by atoms with Gasteiger partial charge in [-0.25, -0.2) is 4.39 Å². The molecule has 0 radical (unpaired) electrons. The number of carbonyl (C=O) groups is 1. The molecule has 128 valence electrons. The van der Waals surface area contributed by atoms with Gasteiger partial charge in [-0.3, -0.25) is 14.2 Å². The summed E-state index contributed by atoms with van der Waals surface area (Å²) in [6, 6.07) is 8.25. The second kappa shape index (κ2) is 6.86. The maximum absolute atomic E-state index is 13.8. The number of carbonyl (C=O) groups excluding carboxylic acids is 1. The Morgan fingerprint density at radius 2 is 2.16 bits per heavy atom. The summed E-state index contributed by atoms with van der Waals surface area (Å²) in [5.41, 5.74) is -0.173. The molecule has 2 aromatic heterocycles. The van der Waals surface area contributed by atoms with Gasteiger partial charge in [-0.15, -0.1) is 0 Å². The predicted molar refractivity (Wildman–Crippen MR) is 88.8 cm³/mol. The van der Waals surface area contributed by atoms with Crippen molar-refractivity contribution < 1.29 is 13.7 Å². The van der Waals surface area contributed by atoms with Crippen LogP contribution in [0.15, 0.2) is 45.7 Å². The van der Waals surface area contributed by atoms with Crippen molar-refractivity contribution in [3.63, 3.8) is 0 Å². The van der Waals surface area contributed by atoms with Gasteiger partial charge in [-0.2, -0.15) is 4.98 Å². The minimum absolute atomic E-state index is 0.0337. The van der Waals surface area contributed by atoms with Crippen LogP contribution in [0.5, 0.6) is 0 Å². The smallest absolute Gasteiger partial charge is 0.274 e. The van der Waals surface area contributed by atoms with Crippen LogP contribution in [0.2, 0.25) is 5.02 Å². The van der Waals surface area contributed by atoms with E-state index in [1.165, 1.54) is 24.3 Å². The van der Waals surface area contributed by atoms with Crippen LogP contribution in [0.3, 0.4) is 0 Å². The molecule has 3 aromatic rings. The Bertz CT molecular complexity index is 999. The number of aryl methyl sites for hydroxylation is 1. The van der Waals surface area contributed by atoms with Crippen LogP contribution in [-0.2, 0) is 11.3 Å². The molecule has 0 fully saturated rings. The van der Waals surface area contributed by atoms with Gasteiger partial charge in [0.05, 0.1) is 5.69 Å². The second-order valence-corrected chi connectivity index (χ2v) is 5.59. The van der Waals surface area contributed by atoms with E-state index >= 15 is 0 Å². The summed E-state index contributed by atoms with van der Waals surface area (Å²) >= 11 is 5.67. The normalized spacial score (nSPS) is 10.7. The van der Waals surface area contributed by atoms with Crippen molar-refractivity contribution >= 4 is 23.2 Å². The quantitative estimate of drug-likeness (QED) is 0.770. The summed E-state index contributed by atoms with van der Waals surface area (Å²) < 4.78 is 20.0. The molecule has 1 N–H and O–H groups in total. The molecular weight excluding hydrogens is 351 g/mol. The zero-order chi connectivity index (χ0) is 18.0. The molecule has 0 aliphatic rings. The van der Waals surface area contributed by atoms with Gasteiger partial charge in [0, 0.05) is 11.1 Å². The standard InChI is InChI=1S/C16H12ClFN4O3/c1-9-19-16(25-21-9)13-3-2-4-15(24)22(13)8-14(23)20-12-6-5-10(17)7-11(12)18/h2-7H,8H2,1H3,(H,20,23). The number of anilines is 1. The van der Waals surface area contributed by atoms with Crippen molar-refractivity contribution in [1.82, 2.24) is 14.7 Å². The molecule has 3 rings (SSSR count). The van der Waals surface area contributed by atoms with E-state index in [4.69, 9.17) is 16.1 Å². The Kier molecular flexibility index (Phi) is 4.62. The van der Waals surface area contributed by atoms with Gasteiger partial charge in [0.25, 0.3) is 11.4 Å². The maximum Gasteiger partial charge on any atom is 0.274 e. The topological polar surface area (TPSA) is 90.0 Å². The molecule has 0 aliphatic carbocycles. The lowest BCUT2D eigenvalue weighted by Gasteiger charge is -2.11. The number of amides is 1. The van der Waals surface area contributed by atoms with Crippen molar-refractivity contribution in [2.45, 2.75) is 13.5 Å². The van der Waals surface area contributed by atoms with Gasteiger partial charge in [0.1, 0.15) is 18.1 Å². The summed E-state index contributed by atoms with van der Waals surface area (Å²) in [5, 5.41) is 6.28. The molecule has 2 heterocycles. The average molecular weight is 363 g/mol. The summed E-state index contributed by atoms with van der Waals surface area (Å²) in [7, 11) is 0. The maximum atomic E-state index is 13.8. The number of benzene rings is 1. The van der Waals surface area contributed by atoms with Gasteiger partial charge in [0.15, 0.2) is 5.82 Å². The van der Waals surface area contributed by atoms with Crippen LogP contribution in [0.25, 0.3) is 11.6 Å². The van der Waals surface area contributed by atoms with Crippen molar-refractivity contribution in [2.24, 2.45) is 0 Å². The predicted octanol–water partition coefficient (Wildman–Crippen LogP) is 2.64. The third kappa shape index (κ3) is 3.74. The van der Waals surface area contributed by atoms with Crippen molar-refractivity contribution in [2.75, 3.05) is 5.32 Å². The van der Waals surface area contributed by atoms with Crippen LogP contribution >= 0.6 is 11.6 Å². The molecule has 7 nitrogen and oxygen atoms in total. The molecule has 1 aromatic carbocycles. The fourth-order valence-corrected chi connectivity index (χ4v) is 2.35. The summed E-state index contributed by atoms with van der Waals surface area (Å²) in [5.74, 6) is -0.757. The van der Waals surface area contributed by atoms with Crippen molar-refractivity contribution in [3.8, 4) is 11.6 Å². The molecule has 0 saturated heterocycles. The van der Waals surface area contributed by atoms with E-state index in [1.807, 2.05) is 0 Å². The van der Waals surface area contributed by atoms with E-state index in [1.54, 1.807) is 13.0 Å². The highest BCUT2D eigenvalue weighted by Gasteiger charge is 2.16. The zero-order valence-corrected chi connectivity index (χ0v) is 13.7. The van der Waals surface area contributed by atoms with E-state index in [9.17, 15) is 14.0 Å². The minimum atomic E-state index is -0.672.